The second-order valence-corrected chi connectivity index (χ2v) is 4.39. The summed E-state index contributed by atoms with van der Waals surface area (Å²) < 4.78 is 0. The molecule has 0 radical (unpaired) electrons. The summed E-state index contributed by atoms with van der Waals surface area (Å²) in [6, 6.07) is -0.0290. The van der Waals surface area contributed by atoms with Crippen LogP contribution in [0.25, 0.3) is 0 Å². The monoisotopic (exact) mass is 222 g/mol. The van der Waals surface area contributed by atoms with E-state index in [-0.39, 0.29) is 11.9 Å². The average Bonchev–Trinajstić information content (AvgIpc) is 2.73. The number of rotatable bonds is 3. The van der Waals surface area contributed by atoms with E-state index in [1.165, 1.54) is 5.56 Å². The predicted octanol–water partition coefficient (Wildman–Crippen LogP) is 0.347. The topological polar surface area (TPSA) is 61.0 Å². The van der Waals surface area contributed by atoms with E-state index in [2.05, 4.69) is 15.5 Å². The molecule has 1 amide bonds. The van der Waals surface area contributed by atoms with E-state index in [1.54, 1.807) is 4.90 Å². The first-order valence-electron chi connectivity index (χ1n) is 5.58. The molecule has 0 aliphatic carbocycles. The van der Waals surface area contributed by atoms with Crippen molar-refractivity contribution >= 4 is 5.91 Å². The maximum Gasteiger partial charge on any atom is 0.239 e. The fourth-order valence-corrected chi connectivity index (χ4v) is 2.07. The van der Waals surface area contributed by atoms with E-state index in [0.29, 0.717) is 6.54 Å². The Kier molecular flexibility index (Phi) is 2.96. The van der Waals surface area contributed by atoms with Crippen molar-refractivity contribution in [3.8, 4) is 0 Å². The molecule has 0 saturated carbocycles. The van der Waals surface area contributed by atoms with Gasteiger partial charge in [-0.1, -0.05) is 0 Å². The summed E-state index contributed by atoms with van der Waals surface area (Å²) in [6.45, 7) is 5.53. The number of aromatic nitrogens is 2. The molecular weight excluding hydrogens is 204 g/mol. The molecule has 1 atom stereocenters. The number of nitrogens with zero attached hydrogens (tertiary/aromatic N) is 2. The summed E-state index contributed by atoms with van der Waals surface area (Å²) in [7, 11) is 1.85. The SMILES string of the molecule is Cc1n[nH]c(C)c1CNC1CCN(C)C1=O. The zero-order valence-corrected chi connectivity index (χ0v) is 10.0. The van der Waals surface area contributed by atoms with Gasteiger partial charge in [0.15, 0.2) is 0 Å². The van der Waals surface area contributed by atoms with Gasteiger partial charge in [-0.25, -0.2) is 0 Å². The Morgan fingerprint density at radius 2 is 2.31 bits per heavy atom. The number of likely N-dealkylation sites (N-methyl/N-ethyl adjacent to an activating group) is 1. The second kappa shape index (κ2) is 4.25. The van der Waals surface area contributed by atoms with Crippen LogP contribution in [-0.4, -0.2) is 40.6 Å². The van der Waals surface area contributed by atoms with Crippen LogP contribution in [0.1, 0.15) is 23.4 Å². The Labute approximate surface area is 95.2 Å². The Morgan fingerprint density at radius 3 is 2.81 bits per heavy atom. The van der Waals surface area contributed by atoms with Crippen LogP contribution in [0.15, 0.2) is 0 Å². The number of H-pyrrole nitrogens is 1. The number of hydrogen-bond donors (Lipinski definition) is 2. The van der Waals surface area contributed by atoms with Crippen molar-refractivity contribution in [2.24, 2.45) is 0 Å². The van der Waals surface area contributed by atoms with Gasteiger partial charge in [-0.2, -0.15) is 5.10 Å². The van der Waals surface area contributed by atoms with Gasteiger partial charge in [-0.05, 0) is 20.3 Å². The minimum atomic E-state index is -0.0290. The minimum absolute atomic E-state index is 0.0290. The van der Waals surface area contributed by atoms with Crippen LogP contribution < -0.4 is 5.32 Å². The summed E-state index contributed by atoms with van der Waals surface area (Å²) in [5.74, 6) is 0.193. The number of likely N-dealkylation sites (tertiary alicyclic amines) is 1. The van der Waals surface area contributed by atoms with Crippen LogP contribution >= 0.6 is 0 Å². The van der Waals surface area contributed by atoms with Crippen molar-refractivity contribution in [2.45, 2.75) is 32.9 Å². The lowest BCUT2D eigenvalue weighted by Crippen LogP contribution is -2.36. The highest BCUT2D eigenvalue weighted by atomic mass is 16.2. The van der Waals surface area contributed by atoms with Crippen molar-refractivity contribution in [3.63, 3.8) is 0 Å². The lowest BCUT2D eigenvalue weighted by Gasteiger charge is -2.12. The fraction of sp³-hybridized carbons (Fsp3) is 0.636. The molecular formula is C11H18N4O. The molecule has 1 aliphatic heterocycles. The number of carbonyl (C=O) groups excluding carboxylic acids is 1. The van der Waals surface area contributed by atoms with Crippen LogP contribution in [0.3, 0.4) is 0 Å². The normalized spacial score (nSPS) is 20.8. The fourth-order valence-electron chi connectivity index (χ4n) is 2.07. The van der Waals surface area contributed by atoms with Crippen LogP contribution in [-0.2, 0) is 11.3 Å². The van der Waals surface area contributed by atoms with Crippen molar-refractivity contribution in [1.29, 1.82) is 0 Å². The predicted molar refractivity (Wildman–Crippen MR) is 60.9 cm³/mol. The average molecular weight is 222 g/mol. The molecule has 0 aromatic carbocycles. The molecule has 2 heterocycles. The Bertz CT molecular complexity index is 379. The highest BCUT2D eigenvalue weighted by Crippen LogP contribution is 2.12. The maximum atomic E-state index is 11.7. The first kappa shape index (κ1) is 11.1. The molecule has 0 spiro atoms. The third kappa shape index (κ3) is 1.95. The summed E-state index contributed by atoms with van der Waals surface area (Å²) in [6.07, 6.45) is 0.894. The molecule has 5 nitrogen and oxygen atoms in total. The standard InChI is InChI=1S/C11H18N4O/c1-7-9(8(2)14-13-7)6-12-10-4-5-15(3)11(10)16/h10,12H,4-6H2,1-3H3,(H,13,14). The second-order valence-electron chi connectivity index (χ2n) is 4.39. The van der Waals surface area contributed by atoms with Crippen LogP contribution in [0, 0.1) is 13.8 Å². The minimum Gasteiger partial charge on any atom is -0.344 e. The van der Waals surface area contributed by atoms with E-state index in [4.69, 9.17) is 0 Å². The summed E-state index contributed by atoms with van der Waals surface area (Å²) in [5.41, 5.74) is 3.25. The molecule has 1 unspecified atom stereocenters. The largest absolute Gasteiger partial charge is 0.344 e. The van der Waals surface area contributed by atoms with Gasteiger partial charge in [0.1, 0.15) is 0 Å². The lowest BCUT2D eigenvalue weighted by molar-refractivity contribution is -0.128. The van der Waals surface area contributed by atoms with Crippen molar-refractivity contribution in [1.82, 2.24) is 20.4 Å². The van der Waals surface area contributed by atoms with E-state index >= 15 is 0 Å². The van der Waals surface area contributed by atoms with E-state index in [1.807, 2.05) is 20.9 Å². The molecule has 5 heteroatoms. The zero-order valence-electron chi connectivity index (χ0n) is 10.0. The van der Waals surface area contributed by atoms with Gasteiger partial charge in [0, 0.05) is 31.4 Å². The molecule has 1 aliphatic rings. The third-order valence-corrected chi connectivity index (χ3v) is 3.23. The molecule has 1 saturated heterocycles. The molecule has 16 heavy (non-hydrogen) atoms. The van der Waals surface area contributed by atoms with Crippen molar-refractivity contribution in [2.75, 3.05) is 13.6 Å². The first-order valence-corrected chi connectivity index (χ1v) is 5.58. The zero-order chi connectivity index (χ0) is 11.7. The van der Waals surface area contributed by atoms with E-state index in [0.717, 1.165) is 24.4 Å². The molecule has 1 aromatic heterocycles. The quantitative estimate of drug-likeness (QED) is 0.775. The number of carbonyl (C=O) groups is 1. The Hall–Kier alpha value is -1.36. The maximum absolute atomic E-state index is 11.7. The highest BCUT2D eigenvalue weighted by Gasteiger charge is 2.28. The van der Waals surface area contributed by atoms with Gasteiger partial charge in [0.05, 0.1) is 11.7 Å². The first-order chi connectivity index (χ1) is 7.59. The van der Waals surface area contributed by atoms with E-state index < -0.39 is 0 Å². The van der Waals surface area contributed by atoms with Gasteiger partial charge >= 0.3 is 0 Å². The molecule has 1 aromatic rings. The lowest BCUT2D eigenvalue weighted by atomic mass is 10.1. The van der Waals surface area contributed by atoms with Crippen molar-refractivity contribution in [3.05, 3.63) is 17.0 Å². The van der Waals surface area contributed by atoms with Gasteiger partial charge in [0.25, 0.3) is 0 Å². The van der Waals surface area contributed by atoms with Crippen molar-refractivity contribution < 1.29 is 4.79 Å². The van der Waals surface area contributed by atoms with Gasteiger partial charge < -0.3 is 10.2 Å². The number of aryl methyl sites for hydroxylation is 2. The number of amides is 1. The number of hydrogen-bond acceptors (Lipinski definition) is 3. The molecule has 88 valence electrons. The molecule has 2 N–H and O–H groups in total. The van der Waals surface area contributed by atoms with Gasteiger partial charge in [0.2, 0.25) is 5.91 Å². The summed E-state index contributed by atoms with van der Waals surface area (Å²) in [4.78, 5) is 13.4. The Morgan fingerprint density at radius 1 is 1.56 bits per heavy atom. The number of aromatic amines is 1. The van der Waals surface area contributed by atoms with Crippen LogP contribution in [0.4, 0.5) is 0 Å². The molecule has 2 rings (SSSR count). The molecule has 0 bridgehead atoms. The summed E-state index contributed by atoms with van der Waals surface area (Å²) in [5, 5.41) is 10.4. The highest BCUT2D eigenvalue weighted by molar-refractivity contribution is 5.83. The number of nitrogens with one attached hydrogen (secondary N) is 2. The Balaban J connectivity index is 1.96. The van der Waals surface area contributed by atoms with E-state index in [9.17, 15) is 4.79 Å². The smallest absolute Gasteiger partial charge is 0.239 e. The van der Waals surface area contributed by atoms with Crippen LogP contribution in [0.2, 0.25) is 0 Å². The van der Waals surface area contributed by atoms with Gasteiger partial charge in [-0.3, -0.25) is 9.89 Å². The molecule has 1 fully saturated rings. The summed E-state index contributed by atoms with van der Waals surface area (Å²) >= 11 is 0. The van der Waals surface area contributed by atoms with Crippen LogP contribution in [0.5, 0.6) is 0 Å². The third-order valence-electron chi connectivity index (χ3n) is 3.23. The van der Waals surface area contributed by atoms with Gasteiger partial charge in [-0.15, -0.1) is 0 Å².